The van der Waals surface area contributed by atoms with Gasteiger partial charge in [0.15, 0.2) is 0 Å². The van der Waals surface area contributed by atoms with E-state index in [1.165, 1.54) is 0 Å². The molecule has 4 nitrogen and oxygen atoms in total. The minimum Gasteiger partial charge on any atom is -0.300 e. The topological polar surface area (TPSA) is 63.2 Å². The third kappa shape index (κ3) is 3.18. The van der Waals surface area contributed by atoms with Crippen LogP contribution in [0.4, 0.5) is 4.79 Å². The molecule has 0 radical (unpaired) electrons. The van der Waals surface area contributed by atoms with E-state index < -0.39 is 16.6 Å². The molecule has 1 saturated carbocycles. The number of hydrogen-bond donors (Lipinski definition) is 1. The van der Waals surface area contributed by atoms with Gasteiger partial charge >= 0.3 is 0 Å². The van der Waals surface area contributed by atoms with Crippen molar-refractivity contribution in [1.82, 2.24) is 5.32 Å². The second kappa shape index (κ2) is 6.97. The summed E-state index contributed by atoms with van der Waals surface area (Å²) in [5.41, 5.74) is 1.65. The number of halogens is 2. The Morgan fingerprint density at radius 3 is 1.63 bits per heavy atom. The zero-order valence-electron chi connectivity index (χ0n) is 14.1. The van der Waals surface area contributed by atoms with Crippen molar-refractivity contribution in [2.45, 2.75) is 29.4 Å². The molecular weight excluding hydrogens is 405 g/mol. The number of ketones is 1. The fourth-order valence-electron chi connectivity index (χ4n) is 4.08. The van der Waals surface area contributed by atoms with Crippen LogP contribution in [0, 0.1) is 0 Å². The first kappa shape index (κ1) is 18.5. The summed E-state index contributed by atoms with van der Waals surface area (Å²) < 4.78 is -1.08. The van der Waals surface area contributed by atoms with Crippen LogP contribution in [0.15, 0.2) is 48.5 Å². The minimum absolute atomic E-state index is 0.0632. The lowest BCUT2D eigenvalue weighted by molar-refractivity contribution is -0.127. The number of thioether (sulfide) groups is 1. The standard InChI is InChI=1S/C20H15Cl2NO3S/c21-13-5-1-11(2-6-13)16-9-15(24)10-17(12-3-7-14(22)8-4-12)20(16)18(25)23-19(26)27-20/h1-8,16-17H,9-10H2,(H,23,25,26). The number of hydrogen-bond acceptors (Lipinski definition) is 4. The summed E-state index contributed by atoms with van der Waals surface area (Å²) in [5, 5.41) is 3.20. The molecule has 2 amide bonds. The molecule has 0 aromatic heterocycles. The van der Waals surface area contributed by atoms with Crippen LogP contribution in [0.3, 0.4) is 0 Å². The van der Waals surface area contributed by atoms with Gasteiger partial charge in [0.25, 0.3) is 5.24 Å². The van der Waals surface area contributed by atoms with E-state index in [0.29, 0.717) is 10.0 Å². The van der Waals surface area contributed by atoms with Crippen LogP contribution in [0.2, 0.25) is 10.0 Å². The van der Waals surface area contributed by atoms with Crippen LogP contribution in [0.5, 0.6) is 0 Å². The molecule has 1 N–H and O–H groups in total. The second-order valence-corrected chi connectivity index (χ2v) is 8.92. The van der Waals surface area contributed by atoms with Crippen molar-refractivity contribution in [3.63, 3.8) is 0 Å². The highest BCUT2D eigenvalue weighted by Gasteiger charge is 2.61. The van der Waals surface area contributed by atoms with Crippen LogP contribution >= 0.6 is 35.0 Å². The Kier molecular flexibility index (Phi) is 4.78. The number of amides is 2. The van der Waals surface area contributed by atoms with E-state index in [-0.39, 0.29) is 29.8 Å². The van der Waals surface area contributed by atoms with Crippen molar-refractivity contribution in [2.75, 3.05) is 0 Å². The van der Waals surface area contributed by atoms with Gasteiger partial charge in [-0.1, -0.05) is 47.5 Å². The Hall–Kier alpha value is -1.82. The molecule has 4 rings (SSSR count). The first-order valence-electron chi connectivity index (χ1n) is 8.47. The maximum atomic E-state index is 13.1. The second-order valence-electron chi connectivity index (χ2n) is 6.79. The predicted molar refractivity (Wildman–Crippen MR) is 106 cm³/mol. The Morgan fingerprint density at radius 1 is 0.815 bits per heavy atom. The third-order valence-corrected chi connectivity index (χ3v) is 7.16. The molecule has 2 unspecified atom stereocenters. The summed E-state index contributed by atoms with van der Waals surface area (Å²) in [5.74, 6) is -1.13. The molecule has 0 bridgehead atoms. The lowest BCUT2D eigenvalue weighted by Crippen LogP contribution is -2.51. The lowest BCUT2D eigenvalue weighted by atomic mass is 9.65. The largest absolute Gasteiger partial charge is 0.300 e. The van der Waals surface area contributed by atoms with Gasteiger partial charge in [0, 0.05) is 34.7 Å². The maximum absolute atomic E-state index is 13.1. The van der Waals surface area contributed by atoms with Gasteiger partial charge in [-0.2, -0.15) is 0 Å². The van der Waals surface area contributed by atoms with Crippen molar-refractivity contribution < 1.29 is 14.4 Å². The number of nitrogens with one attached hydrogen (secondary N) is 1. The van der Waals surface area contributed by atoms with Crippen LogP contribution in [-0.2, 0) is 9.59 Å². The fraction of sp³-hybridized carbons (Fsp3) is 0.250. The lowest BCUT2D eigenvalue weighted by Gasteiger charge is -2.43. The van der Waals surface area contributed by atoms with Crippen LogP contribution in [-0.4, -0.2) is 21.7 Å². The van der Waals surface area contributed by atoms with Gasteiger partial charge in [0.1, 0.15) is 10.5 Å². The van der Waals surface area contributed by atoms with Gasteiger partial charge in [-0.15, -0.1) is 0 Å². The molecule has 27 heavy (non-hydrogen) atoms. The highest BCUT2D eigenvalue weighted by atomic mass is 35.5. The summed E-state index contributed by atoms with van der Waals surface area (Å²) >= 11 is 13.0. The van der Waals surface area contributed by atoms with Crippen molar-refractivity contribution in [1.29, 1.82) is 0 Å². The van der Waals surface area contributed by atoms with Gasteiger partial charge in [-0.3, -0.25) is 19.7 Å². The van der Waals surface area contributed by atoms with Crippen molar-refractivity contribution in [3.05, 3.63) is 69.7 Å². The molecule has 138 valence electrons. The van der Waals surface area contributed by atoms with E-state index >= 15 is 0 Å². The van der Waals surface area contributed by atoms with E-state index in [2.05, 4.69) is 5.32 Å². The predicted octanol–water partition coefficient (Wildman–Crippen LogP) is 4.95. The molecule has 2 aliphatic rings. The summed E-state index contributed by atoms with van der Waals surface area (Å²) in [4.78, 5) is 37.8. The molecule has 1 heterocycles. The molecule has 2 aromatic carbocycles. The van der Waals surface area contributed by atoms with Crippen molar-refractivity contribution in [2.24, 2.45) is 0 Å². The number of rotatable bonds is 2. The van der Waals surface area contributed by atoms with E-state index in [4.69, 9.17) is 23.2 Å². The van der Waals surface area contributed by atoms with E-state index in [1.54, 1.807) is 24.3 Å². The summed E-state index contributed by atoms with van der Waals surface area (Å²) in [6.07, 6.45) is 0.416. The quantitative estimate of drug-likeness (QED) is 0.747. The smallest absolute Gasteiger partial charge is 0.286 e. The van der Waals surface area contributed by atoms with Crippen molar-refractivity contribution in [3.8, 4) is 0 Å². The maximum Gasteiger partial charge on any atom is 0.286 e. The van der Waals surface area contributed by atoms with Gasteiger partial charge in [0.2, 0.25) is 5.91 Å². The summed E-state index contributed by atoms with van der Waals surface area (Å²) in [6, 6.07) is 14.2. The zero-order chi connectivity index (χ0) is 19.2. The highest BCUT2D eigenvalue weighted by molar-refractivity contribution is 8.16. The molecule has 1 aliphatic carbocycles. The molecule has 7 heteroatoms. The van der Waals surface area contributed by atoms with E-state index in [0.717, 1.165) is 22.9 Å². The third-order valence-electron chi connectivity index (χ3n) is 5.28. The summed E-state index contributed by atoms with van der Waals surface area (Å²) in [7, 11) is 0. The Morgan fingerprint density at radius 2 is 1.26 bits per heavy atom. The summed E-state index contributed by atoms with van der Waals surface area (Å²) in [6.45, 7) is 0. The van der Waals surface area contributed by atoms with Crippen LogP contribution < -0.4 is 5.32 Å². The fourth-order valence-corrected chi connectivity index (χ4v) is 5.65. The van der Waals surface area contributed by atoms with E-state index in [1.807, 2.05) is 24.3 Å². The zero-order valence-corrected chi connectivity index (χ0v) is 16.4. The number of carbonyl (C=O) groups is 3. The van der Waals surface area contributed by atoms with Gasteiger partial charge in [-0.25, -0.2) is 0 Å². The van der Waals surface area contributed by atoms with Gasteiger partial charge in [-0.05, 0) is 47.2 Å². The average Bonchev–Trinajstić information content (AvgIpc) is 2.93. The average molecular weight is 420 g/mol. The Balaban J connectivity index is 1.88. The number of carbonyl (C=O) groups excluding carboxylic acids is 3. The van der Waals surface area contributed by atoms with Crippen LogP contribution in [0.1, 0.15) is 35.8 Å². The highest BCUT2D eigenvalue weighted by Crippen LogP contribution is 2.57. The SMILES string of the molecule is O=C1CC(c2ccc(Cl)cc2)C2(SC(=O)NC2=O)C(c2ccc(Cl)cc2)C1. The molecule has 1 spiro atoms. The monoisotopic (exact) mass is 419 g/mol. The Labute approximate surface area is 170 Å². The molecule has 1 aliphatic heterocycles. The Bertz CT molecular complexity index is 870. The molecule has 2 atom stereocenters. The first-order chi connectivity index (χ1) is 12.9. The number of benzene rings is 2. The normalized spacial score (nSPS) is 27.9. The molecule has 2 fully saturated rings. The number of imide groups is 1. The van der Waals surface area contributed by atoms with E-state index in [9.17, 15) is 14.4 Å². The van der Waals surface area contributed by atoms with Gasteiger partial charge < -0.3 is 0 Å². The molecule has 2 aromatic rings. The number of Topliss-reactive ketones (excluding diaryl/α,β-unsaturated/α-hetero) is 1. The molecule has 1 saturated heterocycles. The van der Waals surface area contributed by atoms with Crippen LogP contribution in [0.25, 0.3) is 0 Å². The molecular formula is C20H15Cl2NO3S. The first-order valence-corrected chi connectivity index (χ1v) is 10.0. The minimum atomic E-state index is -1.08. The van der Waals surface area contributed by atoms with Gasteiger partial charge in [0.05, 0.1) is 0 Å². The van der Waals surface area contributed by atoms with Crippen molar-refractivity contribution >= 4 is 51.9 Å².